The zero-order chi connectivity index (χ0) is 16.3. The molecule has 3 rings (SSSR count). The van der Waals surface area contributed by atoms with E-state index in [9.17, 15) is 8.42 Å². The van der Waals surface area contributed by atoms with Gasteiger partial charge in [-0.1, -0.05) is 30.3 Å². The second-order valence-corrected chi connectivity index (χ2v) is 7.25. The summed E-state index contributed by atoms with van der Waals surface area (Å²) in [6.45, 7) is 1.06. The lowest BCUT2D eigenvalue weighted by atomic mass is 10.1. The van der Waals surface area contributed by atoms with Crippen molar-refractivity contribution in [3.8, 4) is 5.75 Å². The van der Waals surface area contributed by atoms with Crippen molar-refractivity contribution < 1.29 is 17.9 Å². The van der Waals surface area contributed by atoms with Crippen LogP contribution in [-0.2, 0) is 14.8 Å². The Morgan fingerprint density at radius 3 is 2.43 bits per heavy atom. The van der Waals surface area contributed by atoms with Crippen molar-refractivity contribution in [1.82, 2.24) is 4.31 Å². The van der Waals surface area contributed by atoms with Crippen molar-refractivity contribution in [3.05, 3.63) is 60.2 Å². The van der Waals surface area contributed by atoms with Crippen LogP contribution in [0.2, 0.25) is 0 Å². The van der Waals surface area contributed by atoms with Crippen LogP contribution >= 0.6 is 0 Å². The number of rotatable bonds is 4. The van der Waals surface area contributed by atoms with Crippen molar-refractivity contribution in [2.75, 3.05) is 26.8 Å². The molecular weight excluding hydrogens is 314 g/mol. The zero-order valence-corrected chi connectivity index (χ0v) is 13.7. The van der Waals surface area contributed by atoms with Gasteiger partial charge in [0.15, 0.2) is 0 Å². The highest BCUT2D eigenvalue weighted by Gasteiger charge is 2.31. The van der Waals surface area contributed by atoms with Gasteiger partial charge in [-0.05, 0) is 29.8 Å². The molecule has 1 saturated heterocycles. The molecular formula is C17H19NO4S. The Morgan fingerprint density at radius 2 is 1.78 bits per heavy atom. The maximum Gasteiger partial charge on any atom is 0.243 e. The summed E-state index contributed by atoms with van der Waals surface area (Å²) < 4.78 is 37.9. The first-order valence-corrected chi connectivity index (χ1v) is 8.86. The minimum absolute atomic E-state index is 0.238. The SMILES string of the molecule is COc1ccc(S(=O)(=O)N2CCOC(c3ccccc3)C2)cc1. The largest absolute Gasteiger partial charge is 0.497 e. The Morgan fingerprint density at radius 1 is 1.09 bits per heavy atom. The van der Waals surface area contributed by atoms with Crippen LogP contribution in [0.3, 0.4) is 0 Å². The summed E-state index contributed by atoms with van der Waals surface area (Å²) in [5.41, 5.74) is 0.988. The lowest BCUT2D eigenvalue weighted by Crippen LogP contribution is -2.42. The Kier molecular flexibility index (Phi) is 4.66. The molecule has 1 aliphatic rings. The van der Waals surface area contributed by atoms with E-state index in [0.29, 0.717) is 25.4 Å². The highest BCUT2D eigenvalue weighted by molar-refractivity contribution is 7.89. The van der Waals surface area contributed by atoms with E-state index >= 15 is 0 Å². The van der Waals surface area contributed by atoms with Gasteiger partial charge in [0.2, 0.25) is 10.0 Å². The molecule has 23 heavy (non-hydrogen) atoms. The summed E-state index contributed by atoms with van der Waals surface area (Å²) in [6, 6.07) is 16.1. The van der Waals surface area contributed by atoms with Gasteiger partial charge in [0.1, 0.15) is 5.75 Å². The topological polar surface area (TPSA) is 55.8 Å². The maximum atomic E-state index is 12.8. The van der Waals surface area contributed by atoms with Gasteiger partial charge in [-0.2, -0.15) is 4.31 Å². The molecule has 1 heterocycles. The maximum absolute atomic E-state index is 12.8. The van der Waals surface area contributed by atoms with E-state index in [0.717, 1.165) is 5.56 Å². The summed E-state index contributed by atoms with van der Waals surface area (Å²) in [5, 5.41) is 0. The van der Waals surface area contributed by atoms with E-state index in [1.807, 2.05) is 30.3 Å². The van der Waals surface area contributed by atoms with Crippen LogP contribution in [0.5, 0.6) is 5.75 Å². The van der Waals surface area contributed by atoms with Crippen LogP contribution < -0.4 is 4.74 Å². The van der Waals surface area contributed by atoms with Gasteiger partial charge in [0.05, 0.1) is 24.7 Å². The number of benzene rings is 2. The molecule has 0 aliphatic carbocycles. The molecule has 0 amide bonds. The number of ether oxygens (including phenoxy) is 2. The van der Waals surface area contributed by atoms with Crippen LogP contribution in [0.4, 0.5) is 0 Å². The second-order valence-electron chi connectivity index (χ2n) is 5.31. The fourth-order valence-electron chi connectivity index (χ4n) is 2.61. The third kappa shape index (κ3) is 3.39. The molecule has 1 aliphatic heterocycles. The molecule has 5 nitrogen and oxygen atoms in total. The first-order valence-electron chi connectivity index (χ1n) is 7.42. The second kappa shape index (κ2) is 6.70. The Bertz CT molecular complexity index is 744. The van der Waals surface area contributed by atoms with Crippen molar-refractivity contribution >= 4 is 10.0 Å². The lowest BCUT2D eigenvalue weighted by molar-refractivity contribution is -0.00255. The van der Waals surface area contributed by atoms with Gasteiger partial charge in [-0.3, -0.25) is 0 Å². The molecule has 0 spiro atoms. The fraction of sp³-hybridized carbons (Fsp3) is 0.294. The molecule has 6 heteroatoms. The predicted molar refractivity (Wildman–Crippen MR) is 86.9 cm³/mol. The number of nitrogens with zero attached hydrogens (tertiary/aromatic N) is 1. The van der Waals surface area contributed by atoms with E-state index in [1.165, 1.54) is 4.31 Å². The predicted octanol–water partition coefficient (Wildman–Crippen LogP) is 2.46. The summed E-state index contributed by atoms with van der Waals surface area (Å²) in [4.78, 5) is 0.270. The number of morpholine rings is 1. The summed E-state index contributed by atoms with van der Waals surface area (Å²) in [7, 11) is -1.98. The Hall–Kier alpha value is -1.89. The first kappa shape index (κ1) is 16.0. The van der Waals surface area contributed by atoms with Crippen molar-refractivity contribution in [1.29, 1.82) is 0 Å². The summed E-state index contributed by atoms with van der Waals surface area (Å²) >= 11 is 0. The van der Waals surface area contributed by atoms with E-state index in [2.05, 4.69) is 0 Å². The van der Waals surface area contributed by atoms with Crippen molar-refractivity contribution in [2.24, 2.45) is 0 Å². The van der Waals surface area contributed by atoms with Crippen LogP contribution in [-0.4, -0.2) is 39.5 Å². The molecule has 122 valence electrons. The average Bonchev–Trinajstić information content (AvgIpc) is 2.62. The molecule has 1 atom stereocenters. The third-order valence-electron chi connectivity index (χ3n) is 3.90. The highest BCUT2D eigenvalue weighted by atomic mass is 32.2. The van der Waals surface area contributed by atoms with Crippen LogP contribution in [0.25, 0.3) is 0 Å². The molecule has 0 aromatic heterocycles. The Labute approximate surface area is 136 Å². The van der Waals surface area contributed by atoms with Crippen LogP contribution in [0.1, 0.15) is 11.7 Å². The monoisotopic (exact) mass is 333 g/mol. The molecule has 1 unspecified atom stereocenters. The van der Waals surface area contributed by atoms with E-state index in [-0.39, 0.29) is 11.0 Å². The van der Waals surface area contributed by atoms with Crippen LogP contribution in [0, 0.1) is 0 Å². The van der Waals surface area contributed by atoms with Gasteiger partial charge in [0.25, 0.3) is 0 Å². The lowest BCUT2D eigenvalue weighted by Gasteiger charge is -2.32. The summed E-state index contributed by atoms with van der Waals surface area (Å²) in [5.74, 6) is 0.632. The minimum atomic E-state index is -3.53. The molecule has 2 aromatic rings. The van der Waals surface area contributed by atoms with Gasteiger partial charge >= 0.3 is 0 Å². The molecule has 1 fully saturated rings. The van der Waals surface area contributed by atoms with Gasteiger partial charge in [0, 0.05) is 13.1 Å². The van der Waals surface area contributed by atoms with Crippen molar-refractivity contribution in [3.63, 3.8) is 0 Å². The van der Waals surface area contributed by atoms with Crippen molar-refractivity contribution in [2.45, 2.75) is 11.0 Å². The minimum Gasteiger partial charge on any atom is -0.497 e. The number of methoxy groups -OCH3 is 1. The quantitative estimate of drug-likeness (QED) is 0.862. The normalized spacial score (nSPS) is 19.4. The first-order chi connectivity index (χ1) is 11.1. The van der Waals surface area contributed by atoms with Gasteiger partial charge in [-0.15, -0.1) is 0 Å². The highest BCUT2D eigenvalue weighted by Crippen LogP contribution is 2.27. The average molecular weight is 333 g/mol. The Balaban J connectivity index is 1.81. The molecule has 2 aromatic carbocycles. The zero-order valence-electron chi connectivity index (χ0n) is 12.9. The molecule has 0 bridgehead atoms. The standard InChI is InChI=1S/C17H19NO4S/c1-21-15-7-9-16(10-8-15)23(19,20)18-11-12-22-17(13-18)14-5-3-2-4-6-14/h2-10,17H,11-13H2,1H3. The van der Waals surface area contributed by atoms with Gasteiger partial charge < -0.3 is 9.47 Å². The number of sulfonamides is 1. The third-order valence-corrected chi connectivity index (χ3v) is 5.78. The van der Waals surface area contributed by atoms with Gasteiger partial charge in [-0.25, -0.2) is 8.42 Å². The van der Waals surface area contributed by atoms with Crippen LogP contribution in [0.15, 0.2) is 59.5 Å². The molecule has 0 saturated carbocycles. The summed E-state index contributed by atoms with van der Waals surface area (Å²) in [6.07, 6.45) is -0.238. The molecule has 0 radical (unpaired) electrons. The number of hydrogen-bond acceptors (Lipinski definition) is 4. The number of hydrogen-bond donors (Lipinski definition) is 0. The van der Waals surface area contributed by atoms with E-state index in [1.54, 1.807) is 31.4 Å². The van der Waals surface area contributed by atoms with E-state index < -0.39 is 10.0 Å². The van der Waals surface area contributed by atoms with E-state index in [4.69, 9.17) is 9.47 Å². The fourth-order valence-corrected chi connectivity index (χ4v) is 4.03. The smallest absolute Gasteiger partial charge is 0.243 e. The molecule has 0 N–H and O–H groups in total.